The van der Waals surface area contributed by atoms with E-state index in [-0.39, 0.29) is 0 Å². The van der Waals surface area contributed by atoms with Crippen molar-refractivity contribution < 1.29 is 0 Å². The van der Waals surface area contributed by atoms with Crippen LogP contribution in [0.25, 0.3) is 0 Å². The molecule has 0 aromatic heterocycles. The van der Waals surface area contributed by atoms with Crippen LogP contribution in [0.1, 0.15) is 0 Å². The molecule has 0 aliphatic heterocycles. The van der Waals surface area contributed by atoms with Gasteiger partial charge in [-0.25, -0.2) is 0 Å². The van der Waals surface area contributed by atoms with Crippen molar-refractivity contribution in [1.29, 1.82) is 0 Å². The Morgan fingerprint density at radius 2 is 1.12 bits per heavy atom. The third kappa shape index (κ3) is 5.04. The molecule has 0 N–H and O–H groups in total. The average molecular weight is 506 g/mol. The van der Waals surface area contributed by atoms with Crippen molar-refractivity contribution in [2.75, 3.05) is 0 Å². The Kier molecular flexibility index (Phi) is 6.45. The minimum absolute atomic E-state index is 0.530. The molecule has 1 aromatic rings. The Hall–Kier alpha value is -0.0113. The zero-order valence-electron chi connectivity index (χ0n) is 13.6. The Balaban J connectivity index is 1.62. The SMILES string of the molecule is C1=CC([S][Sn]([S]c2cc[cH-]c2)([S]C2C=CC=C2)[S]C2C=CC=C2)C=C1. The molecule has 0 saturated heterocycles. The molecule has 0 spiro atoms. The van der Waals surface area contributed by atoms with Gasteiger partial charge in [-0.1, -0.05) is 0 Å². The first-order chi connectivity index (χ1) is 12.3. The van der Waals surface area contributed by atoms with Crippen molar-refractivity contribution >= 4 is 48.6 Å². The molecule has 0 saturated carbocycles. The van der Waals surface area contributed by atoms with E-state index in [1.54, 1.807) is 0 Å². The van der Waals surface area contributed by atoms with Crippen molar-refractivity contribution in [1.82, 2.24) is 0 Å². The maximum absolute atomic E-state index is 2.76. The van der Waals surface area contributed by atoms with E-state index in [0.717, 1.165) is 0 Å². The number of hydrogen-bond acceptors (Lipinski definition) is 4. The molecule has 5 heteroatoms. The first kappa shape index (κ1) is 18.4. The van der Waals surface area contributed by atoms with Crippen LogP contribution in [0.5, 0.6) is 0 Å². The van der Waals surface area contributed by atoms with Crippen LogP contribution in [-0.4, -0.2) is 28.6 Å². The molecule has 0 bridgehead atoms. The fraction of sp³-hybridized carbons (Fsp3) is 0.150. The Bertz CT molecular complexity index is 645. The van der Waals surface area contributed by atoms with E-state index < -0.39 is 12.8 Å². The summed E-state index contributed by atoms with van der Waals surface area (Å²) >= 11 is -2.76. The average Bonchev–Trinajstić information content (AvgIpc) is 3.37. The molecule has 0 atom stereocenters. The quantitative estimate of drug-likeness (QED) is 0.287. The van der Waals surface area contributed by atoms with Crippen LogP contribution in [-0.2, 0) is 0 Å². The van der Waals surface area contributed by atoms with E-state index in [1.165, 1.54) is 4.90 Å². The van der Waals surface area contributed by atoms with Gasteiger partial charge in [0.1, 0.15) is 0 Å². The van der Waals surface area contributed by atoms with Gasteiger partial charge in [0.15, 0.2) is 0 Å². The van der Waals surface area contributed by atoms with Crippen LogP contribution < -0.4 is 0 Å². The second kappa shape index (κ2) is 8.78. The van der Waals surface area contributed by atoms with Gasteiger partial charge in [0, 0.05) is 0 Å². The van der Waals surface area contributed by atoms with E-state index >= 15 is 0 Å². The van der Waals surface area contributed by atoms with Gasteiger partial charge in [0.25, 0.3) is 0 Å². The molecule has 3 aliphatic carbocycles. The standard InChI is InChI=1S/3C5H6S.C5H5S.Sn/c4*6-5-3-1-2-4-5;/h3*1-6H;1-4,6H;/q;;;-1;+4/p-4. The van der Waals surface area contributed by atoms with Crippen LogP contribution in [0.15, 0.2) is 102 Å². The number of hydrogen-bond donors (Lipinski definition) is 0. The Morgan fingerprint density at radius 3 is 1.48 bits per heavy atom. The van der Waals surface area contributed by atoms with Crippen LogP contribution >= 0.6 is 35.8 Å². The third-order valence-corrected chi connectivity index (χ3v) is 48.3. The zero-order chi connectivity index (χ0) is 17.0. The molecule has 0 unspecified atom stereocenters. The molecule has 4 rings (SSSR count). The van der Waals surface area contributed by atoms with E-state index in [9.17, 15) is 0 Å². The maximum atomic E-state index is 2.35. The molecule has 0 fully saturated rings. The van der Waals surface area contributed by atoms with Gasteiger partial charge in [-0.2, -0.15) is 0 Å². The molecular weight excluding hydrogens is 487 g/mol. The van der Waals surface area contributed by atoms with Crippen LogP contribution in [0.2, 0.25) is 0 Å². The zero-order valence-corrected chi connectivity index (χ0v) is 19.7. The van der Waals surface area contributed by atoms with Crippen LogP contribution in [0.3, 0.4) is 0 Å². The molecule has 0 amide bonds. The number of rotatable bonds is 8. The minimum atomic E-state index is -2.76. The summed E-state index contributed by atoms with van der Waals surface area (Å²) in [5.41, 5.74) is 0. The first-order valence-corrected chi connectivity index (χ1v) is 25.7. The van der Waals surface area contributed by atoms with Crippen molar-refractivity contribution in [2.45, 2.75) is 20.6 Å². The van der Waals surface area contributed by atoms with Crippen molar-refractivity contribution in [3.63, 3.8) is 0 Å². The van der Waals surface area contributed by atoms with Crippen molar-refractivity contribution in [3.8, 4) is 0 Å². The van der Waals surface area contributed by atoms with Gasteiger partial charge >= 0.3 is 166 Å². The molecule has 1 aromatic carbocycles. The van der Waals surface area contributed by atoms with Gasteiger partial charge in [-0.05, 0) is 0 Å². The third-order valence-electron chi connectivity index (χ3n) is 3.85. The first-order valence-electron chi connectivity index (χ1n) is 8.31. The Labute approximate surface area is 165 Å². The summed E-state index contributed by atoms with van der Waals surface area (Å²) in [5, 5.41) is 1.59. The van der Waals surface area contributed by atoms with E-state index in [2.05, 4.69) is 133 Å². The van der Waals surface area contributed by atoms with Crippen molar-refractivity contribution in [3.05, 3.63) is 97.2 Å². The second-order valence-corrected chi connectivity index (χ2v) is 46.3. The normalized spacial score (nSPS) is 20.0. The molecule has 25 heavy (non-hydrogen) atoms. The topological polar surface area (TPSA) is 0 Å². The van der Waals surface area contributed by atoms with E-state index in [4.69, 9.17) is 0 Å². The van der Waals surface area contributed by atoms with Crippen LogP contribution in [0, 0.1) is 0 Å². The van der Waals surface area contributed by atoms with Crippen molar-refractivity contribution in [2.24, 2.45) is 0 Å². The van der Waals surface area contributed by atoms with Gasteiger partial charge < -0.3 is 0 Å². The monoisotopic (exact) mass is 507 g/mol. The summed E-state index contributed by atoms with van der Waals surface area (Å²) in [6.45, 7) is 0. The molecule has 0 radical (unpaired) electrons. The predicted octanol–water partition coefficient (Wildman–Crippen LogP) is 6.62. The summed E-state index contributed by atoms with van der Waals surface area (Å²) in [5.74, 6) is 0. The molecule has 128 valence electrons. The summed E-state index contributed by atoms with van der Waals surface area (Å²) in [7, 11) is 8.98. The number of allylic oxidation sites excluding steroid dienone is 6. The Morgan fingerprint density at radius 1 is 0.680 bits per heavy atom. The van der Waals surface area contributed by atoms with E-state index in [0.29, 0.717) is 15.7 Å². The second-order valence-electron chi connectivity index (χ2n) is 5.78. The summed E-state index contributed by atoms with van der Waals surface area (Å²) in [4.78, 5) is 1.44. The summed E-state index contributed by atoms with van der Waals surface area (Å²) in [6.07, 6.45) is 27.3. The van der Waals surface area contributed by atoms with Gasteiger partial charge in [0.05, 0.1) is 0 Å². The molecule has 3 aliphatic rings. The summed E-state index contributed by atoms with van der Waals surface area (Å²) < 4.78 is 0. The molecular formula is C20H19S4Sn-. The van der Waals surface area contributed by atoms with Gasteiger partial charge in [0.2, 0.25) is 0 Å². The summed E-state index contributed by atoms with van der Waals surface area (Å²) in [6, 6.07) is 8.89. The fourth-order valence-corrected chi connectivity index (χ4v) is 56.7. The predicted molar refractivity (Wildman–Crippen MR) is 123 cm³/mol. The molecule has 0 nitrogen and oxygen atoms in total. The molecule has 0 heterocycles. The fourth-order valence-electron chi connectivity index (χ4n) is 2.69. The van der Waals surface area contributed by atoms with Gasteiger partial charge in [-0.15, -0.1) is 0 Å². The van der Waals surface area contributed by atoms with Crippen LogP contribution in [0.4, 0.5) is 0 Å². The van der Waals surface area contributed by atoms with Gasteiger partial charge in [-0.3, -0.25) is 0 Å². The van der Waals surface area contributed by atoms with E-state index in [1.807, 2.05) is 0 Å².